The van der Waals surface area contributed by atoms with Crippen LogP contribution >= 0.6 is 0 Å². The number of halogens is 1. The molecule has 5 heteroatoms. The summed E-state index contributed by atoms with van der Waals surface area (Å²) in [4.78, 5) is 22.8. The number of hydrogen-bond acceptors (Lipinski definition) is 2. The highest BCUT2D eigenvalue weighted by Gasteiger charge is 2.39. The number of benzene rings is 2. The standard InChI is InChI=1S/C19H18FNO3/c20-15-3-1-2-14(10-15)16-11-17(16)21-18(22)9-6-12-4-7-13(8-5-12)19(23)24/h1-5,7-8,10,16-17H,6,9,11H2,(H,21,22)(H,23,24). The van der Waals surface area contributed by atoms with Crippen molar-refractivity contribution in [3.8, 4) is 0 Å². The third-order valence-corrected chi connectivity index (χ3v) is 4.26. The lowest BCUT2D eigenvalue weighted by Crippen LogP contribution is -2.26. The highest BCUT2D eigenvalue weighted by atomic mass is 19.1. The number of aromatic carboxylic acids is 1. The molecule has 0 saturated heterocycles. The molecule has 24 heavy (non-hydrogen) atoms. The zero-order valence-corrected chi connectivity index (χ0v) is 13.0. The van der Waals surface area contributed by atoms with Crippen molar-refractivity contribution in [2.45, 2.75) is 31.2 Å². The maximum absolute atomic E-state index is 13.2. The van der Waals surface area contributed by atoms with Crippen molar-refractivity contribution in [3.05, 3.63) is 71.0 Å². The minimum Gasteiger partial charge on any atom is -0.478 e. The van der Waals surface area contributed by atoms with Crippen LogP contribution in [0.3, 0.4) is 0 Å². The third-order valence-electron chi connectivity index (χ3n) is 4.26. The molecule has 4 nitrogen and oxygen atoms in total. The second kappa shape index (κ2) is 6.83. The summed E-state index contributed by atoms with van der Waals surface area (Å²) < 4.78 is 13.2. The normalized spacial score (nSPS) is 18.9. The first kappa shape index (κ1) is 16.2. The van der Waals surface area contributed by atoms with E-state index in [-0.39, 0.29) is 29.2 Å². The zero-order chi connectivity index (χ0) is 17.1. The largest absolute Gasteiger partial charge is 0.478 e. The van der Waals surface area contributed by atoms with Gasteiger partial charge >= 0.3 is 5.97 Å². The van der Waals surface area contributed by atoms with Crippen molar-refractivity contribution in [1.82, 2.24) is 5.32 Å². The molecule has 2 N–H and O–H groups in total. The van der Waals surface area contributed by atoms with Crippen LogP contribution in [0, 0.1) is 5.82 Å². The van der Waals surface area contributed by atoms with Crippen LogP contribution in [0.2, 0.25) is 0 Å². The average Bonchev–Trinajstić information content (AvgIpc) is 3.32. The van der Waals surface area contributed by atoms with Gasteiger partial charge in [0.25, 0.3) is 0 Å². The summed E-state index contributed by atoms with van der Waals surface area (Å²) in [7, 11) is 0. The van der Waals surface area contributed by atoms with E-state index < -0.39 is 5.97 Å². The lowest BCUT2D eigenvalue weighted by Gasteiger charge is -2.06. The zero-order valence-electron chi connectivity index (χ0n) is 13.0. The molecule has 1 aliphatic carbocycles. The highest BCUT2D eigenvalue weighted by molar-refractivity contribution is 5.87. The maximum Gasteiger partial charge on any atom is 0.335 e. The number of carbonyl (C=O) groups is 2. The van der Waals surface area contributed by atoms with E-state index in [4.69, 9.17) is 5.11 Å². The Morgan fingerprint density at radius 1 is 1.17 bits per heavy atom. The maximum atomic E-state index is 13.2. The lowest BCUT2D eigenvalue weighted by atomic mass is 10.1. The second-order valence-electron chi connectivity index (χ2n) is 6.07. The minimum absolute atomic E-state index is 0.0405. The average molecular weight is 327 g/mol. The van der Waals surface area contributed by atoms with Gasteiger partial charge in [0.2, 0.25) is 5.91 Å². The Kier molecular flexibility index (Phi) is 4.60. The van der Waals surface area contributed by atoms with Gasteiger partial charge in [-0.05, 0) is 48.2 Å². The Bertz CT molecular complexity index is 757. The Balaban J connectivity index is 1.46. The number of carboxylic acids is 1. The molecule has 124 valence electrons. The smallest absolute Gasteiger partial charge is 0.335 e. The molecule has 1 aliphatic rings. The Hall–Kier alpha value is -2.69. The third kappa shape index (κ3) is 3.98. The van der Waals surface area contributed by atoms with Crippen molar-refractivity contribution in [3.63, 3.8) is 0 Å². The molecule has 2 aromatic carbocycles. The monoisotopic (exact) mass is 327 g/mol. The second-order valence-corrected chi connectivity index (χ2v) is 6.07. The van der Waals surface area contributed by atoms with E-state index in [2.05, 4.69) is 5.32 Å². The topological polar surface area (TPSA) is 66.4 Å². The van der Waals surface area contributed by atoms with E-state index in [9.17, 15) is 14.0 Å². The Labute approximate surface area is 139 Å². The van der Waals surface area contributed by atoms with Gasteiger partial charge in [-0.1, -0.05) is 24.3 Å². The number of carboxylic acid groups (broad SMARTS) is 1. The van der Waals surface area contributed by atoms with Gasteiger partial charge in [0.05, 0.1) is 5.56 Å². The molecule has 0 spiro atoms. The fraction of sp³-hybridized carbons (Fsp3) is 0.263. The number of rotatable bonds is 6. The quantitative estimate of drug-likeness (QED) is 0.856. The Morgan fingerprint density at radius 2 is 1.92 bits per heavy atom. The van der Waals surface area contributed by atoms with E-state index >= 15 is 0 Å². The van der Waals surface area contributed by atoms with Crippen molar-refractivity contribution in [2.75, 3.05) is 0 Å². The van der Waals surface area contributed by atoms with E-state index in [1.807, 2.05) is 6.07 Å². The molecule has 1 saturated carbocycles. The Morgan fingerprint density at radius 3 is 2.58 bits per heavy atom. The summed E-state index contributed by atoms with van der Waals surface area (Å²) >= 11 is 0. The van der Waals surface area contributed by atoms with Crippen LogP contribution in [0.1, 0.15) is 40.2 Å². The molecule has 2 aromatic rings. The first-order valence-corrected chi connectivity index (χ1v) is 7.90. The van der Waals surface area contributed by atoms with Gasteiger partial charge in [0, 0.05) is 18.4 Å². The summed E-state index contributed by atoms with van der Waals surface area (Å²) in [6, 6.07) is 13.1. The van der Waals surface area contributed by atoms with Gasteiger partial charge in [-0.25, -0.2) is 9.18 Å². The fourth-order valence-corrected chi connectivity index (χ4v) is 2.81. The van der Waals surface area contributed by atoms with Gasteiger partial charge in [-0.2, -0.15) is 0 Å². The van der Waals surface area contributed by atoms with E-state index in [1.165, 1.54) is 24.3 Å². The molecule has 0 heterocycles. The fourth-order valence-electron chi connectivity index (χ4n) is 2.81. The molecule has 1 amide bonds. The van der Waals surface area contributed by atoms with E-state index in [0.717, 1.165) is 17.5 Å². The van der Waals surface area contributed by atoms with Crippen LogP contribution in [0.5, 0.6) is 0 Å². The molecule has 0 aromatic heterocycles. The molecule has 3 rings (SSSR count). The summed E-state index contributed by atoms with van der Waals surface area (Å²) in [5, 5.41) is 11.8. The van der Waals surface area contributed by atoms with Gasteiger partial charge in [0.1, 0.15) is 5.82 Å². The summed E-state index contributed by atoms with van der Waals surface area (Å²) in [5.41, 5.74) is 2.08. The van der Waals surface area contributed by atoms with Crippen LogP contribution < -0.4 is 5.32 Å². The number of carbonyl (C=O) groups excluding carboxylic acids is 1. The van der Waals surface area contributed by atoms with Crippen molar-refractivity contribution in [2.24, 2.45) is 0 Å². The van der Waals surface area contributed by atoms with Crippen molar-refractivity contribution < 1.29 is 19.1 Å². The van der Waals surface area contributed by atoms with Crippen LogP contribution in [-0.4, -0.2) is 23.0 Å². The summed E-state index contributed by atoms with van der Waals surface area (Å²) in [6.07, 6.45) is 1.74. The minimum atomic E-state index is -0.962. The summed E-state index contributed by atoms with van der Waals surface area (Å²) in [6.45, 7) is 0. The van der Waals surface area contributed by atoms with E-state index in [1.54, 1.807) is 18.2 Å². The van der Waals surface area contributed by atoms with Gasteiger partial charge < -0.3 is 10.4 Å². The van der Waals surface area contributed by atoms with Crippen LogP contribution in [0.25, 0.3) is 0 Å². The number of amides is 1. The molecule has 0 aliphatic heterocycles. The number of hydrogen-bond donors (Lipinski definition) is 2. The lowest BCUT2D eigenvalue weighted by molar-refractivity contribution is -0.121. The molecule has 2 atom stereocenters. The molecule has 2 unspecified atom stereocenters. The number of aryl methyl sites for hydroxylation is 1. The first-order valence-electron chi connectivity index (χ1n) is 7.90. The first-order chi connectivity index (χ1) is 11.5. The number of nitrogens with one attached hydrogen (secondary N) is 1. The predicted octanol–water partition coefficient (Wildman–Crippen LogP) is 3.13. The van der Waals surface area contributed by atoms with Crippen molar-refractivity contribution >= 4 is 11.9 Å². The SMILES string of the molecule is O=C(CCc1ccc(C(=O)O)cc1)NC1CC1c1cccc(F)c1. The van der Waals surface area contributed by atoms with Crippen LogP contribution in [0.15, 0.2) is 48.5 Å². The van der Waals surface area contributed by atoms with E-state index in [0.29, 0.717) is 12.8 Å². The predicted molar refractivity (Wildman–Crippen MR) is 87.4 cm³/mol. The molecular weight excluding hydrogens is 309 g/mol. The van der Waals surface area contributed by atoms with Crippen LogP contribution in [0.4, 0.5) is 4.39 Å². The molecular formula is C19H18FNO3. The summed E-state index contributed by atoms with van der Waals surface area (Å²) in [5.74, 6) is -1.06. The van der Waals surface area contributed by atoms with Gasteiger partial charge in [-0.3, -0.25) is 4.79 Å². The molecule has 0 radical (unpaired) electrons. The van der Waals surface area contributed by atoms with Crippen molar-refractivity contribution in [1.29, 1.82) is 0 Å². The van der Waals surface area contributed by atoms with Crippen LogP contribution in [-0.2, 0) is 11.2 Å². The highest BCUT2D eigenvalue weighted by Crippen LogP contribution is 2.40. The van der Waals surface area contributed by atoms with Gasteiger partial charge in [0.15, 0.2) is 0 Å². The molecule has 0 bridgehead atoms. The van der Waals surface area contributed by atoms with Gasteiger partial charge in [-0.15, -0.1) is 0 Å². The molecule has 1 fully saturated rings.